The van der Waals surface area contributed by atoms with Gasteiger partial charge in [0.05, 0.1) is 19.8 Å². The van der Waals surface area contributed by atoms with Crippen molar-refractivity contribution in [2.45, 2.75) is 44.2 Å². The van der Waals surface area contributed by atoms with E-state index in [0.29, 0.717) is 5.54 Å². The third-order valence-electron chi connectivity index (χ3n) is 5.18. The molecule has 0 saturated carbocycles. The Morgan fingerprint density at radius 2 is 2.05 bits per heavy atom. The molecule has 4 heteroatoms. The van der Waals surface area contributed by atoms with E-state index in [9.17, 15) is 0 Å². The van der Waals surface area contributed by atoms with Crippen LogP contribution in [-0.4, -0.2) is 74.0 Å². The van der Waals surface area contributed by atoms with Crippen LogP contribution in [0.5, 0.6) is 0 Å². The molecule has 0 aromatic rings. The summed E-state index contributed by atoms with van der Waals surface area (Å²) in [5, 5.41) is 0. The van der Waals surface area contributed by atoms with E-state index < -0.39 is 0 Å². The molecule has 0 radical (unpaired) electrons. The van der Waals surface area contributed by atoms with Gasteiger partial charge in [0, 0.05) is 37.8 Å². The summed E-state index contributed by atoms with van der Waals surface area (Å²) in [5.74, 6) is 0. The van der Waals surface area contributed by atoms with Crippen LogP contribution >= 0.6 is 0 Å². The first-order chi connectivity index (χ1) is 9.34. The van der Waals surface area contributed by atoms with Crippen LogP contribution in [0.15, 0.2) is 0 Å². The SMILES string of the molecule is CCOCC12CCCN1C(CN1CCOCC1)CC2. The Hall–Kier alpha value is -0.160. The molecule has 0 aromatic carbocycles. The summed E-state index contributed by atoms with van der Waals surface area (Å²) in [6.07, 6.45) is 5.38. The average molecular weight is 268 g/mol. The molecular formula is C15H28N2O2. The molecule has 3 heterocycles. The van der Waals surface area contributed by atoms with Gasteiger partial charge in [0.1, 0.15) is 0 Å². The Bertz CT molecular complexity index is 294. The third kappa shape index (κ3) is 2.82. The summed E-state index contributed by atoms with van der Waals surface area (Å²) in [6.45, 7) is 10.5. The van der Waals surface area contributed by atoms with Gasteiger partial charge in [0.2, 0.25) is 0 Å². The minimum atomic E-state index is 0.382. The number of nitrogens with zero attached hydrogens (tertiary/aromatic N) is 2. The molecule has 0 amide bonds. The molecule has 2 atom stereocenters. The van der Waals surface area contributed by atoms with Gasteiger partial charge in [-0.25, -0.2) is 0 Å². The van der Waals surface area contributed by atoms with Crippen LogP contribution in [-0.2, 0) is 9.47 Å². The lowest BCUT2D eigenvalue weighted by molar-refractivity contribution is 0.00494. The van der Waals surface area contributed by atoms with E-state index in [1.54, 1.807) is 0 Å². The standard InChI is InChI=1S/C15H28N2O2/c1-2-18-13-15-5-3-7-17(15)14(4-6-15)12-16-8-10-19-11-9-16/h14H,2-13H2,1H3. The summed E-state index contributed by atoms with van der Waals surface area (Å²) in [7, 11) is 0. The maximum atomic E-state index is 5.79. The summed E-state index contributed by atoms with van der Waals surface area (Å²) in [6, 6.07) is 0.751. The summed E-state index contributed by atoms with van der Waals surface area (Å²) in [5.41, 5.74) is 0.382. The average Bonchev–Trinajstić information content (AvgIpc) is 2.99. The second kappa shape index (κ2) is 6.08. The fourth-order valence-electron chi connectivity index (χ4n) is 4.18. The van der Waals surface area contributed by atoms with Crippen molar-refractivity contribution in [2.24, 2.45) is 0 Å². The highest BCUT2D eigenvalue weighted by molar-refractivity contribution is 5.05. The molecule has 0 spiro atoms. The molecule has 0 bridgehead atoms. The minimum Gasteiger partial charge on any atom is -0.380 e. The number of ether oxygens (including phenoxy) is 2. The molecular weight excluding hydrogens is 240 g/mol. The molecule has 3 saturated heterocycles. The Balaban J connectivity index is 1.58. The summed E-state index contributed by atoms with van der Waals surface area (Å²) >= 11 is 0. The van der Waals surface area contributed by atoms with Gasteiger partial charge in [-0.1, -0.05) is 0 Å². The first-order valence-electron chi connectivity index (χ1n) is 7.99. The lowest BCUT2D eigenvalue weighted by Gasteiger charge is -2.37. The molecule has 3 aliphatic heterocycles. The molecule has 2 unspecified atom stereocenters. The largest absolute Gasteiger partial charge is 0.380 e. The molecule has 3 fully saturated rings. The zero-order valence-corrected chi connectivity index (χ0v) is 12.3. The van der Waals surface area contributed by atoms with Crippen LogP contribution in [0, 0.1) is 0 Å². The van der Waals surface area contributed by atoms with Crippen molar-refractivity contribution in [3.05, 3.63) is 0 Å². The van der Waals surface area contributed by atoms with Crippen molar-refractivity contribution >= 4 is 0 Å². The van der Waals surface area contributed by atoms with E-state index in [1.165, 1.54) is 38.8 Å². The van der Waals surface area contributed by atoms with E-state index in [2.05, 4.69) is 16.7 Å². The molecule has 0 N–H and O–H groups in total. The van der Waals surface area contributed by atoms with E-state index >= 15 is 0 Å². The summed E-state index contributed by atoms with van der Waals surface area (Å²) in [4.78, 5) is 5.36. The van der Waals surface area contributed by atoms with E-state index in [1.807, 2.05) is 0 Å². The Labute approximate surface area is 117 Å². The van der Waals surface area contributed by atoms with Gasteiger partial charge in [-0.15, -0.1) is 0 Å². The predicted octanol–water partition coefficient (Wildman–Crippen LogP) is 1.35. The van der Waals surface area contributed by atoms with Crippen molar-refractivity contribution in [1.82, 2.24) is 9.80 Å². The highest BCUT2D eigenvalue weighted by atomic mass is 16.5. The van der Waals surface area contributed by atoms with Crippen LogP contribution in [0.1, 0.15) is 32.6 Å². The second-order valence-corrected chi connectivity index (χ2v) is 6.26. The van der Waals surface area contributed by atoms with Crippen molar-refractivity contribution in [3.8, 4) is 0 Å². The fourth-order valence-corrected chi connectivity index (χ4v) is 4.18. The quantitative estimate of drug-likeness (QED) is 0.751. The lowest BCUT2D eigenvalue weighted by Crippen LogP contribution is -2.50. The van der Waals surface area contributed by atoms with Gasteiger partial charge in [-0.2, -0.15) is 0 Å². The van der Waals surface area contributed by atoms with Gasteiger partial charge in [0.15, 0.2) is 0 Å². The van der Waals surface area contributed by atoms with Crippen LogP contribution in [0.2, 0.25) is 0 Å². The number of hydrogen-bond donors (Lipinski definition) is 0. The maximum Gasteiger partial charge on any atom is 0.0650 e. The van der Waals surface area contributed by atoms with E-state index in [-0.39, 0.29) is 0 Å². The zero-order valence-electron chi connectivity index (χ0n) is 12.3. The normalized spacial score (nSPS) is 36.8. The predicted molar refractivity (Wildman–Crippen MR) is 75.4 cm³/mol. The molecule has 3 aliphatic rings. The Kier molecular flexibility index (Phi) is 4.42. The third-order valence-corrected chi connectivity index (χ3v) is 5.18. The number of fused-ring (bicyclic) bond motifs is 1. The van der Waals surface area contributed by atoms with Gasteiger partial charge in [-0.05, 0) is 39.2 Å². The minimum absolute atomic E-state index is 0.382. The smallest absolute Gasteiger partial charge is 0.0650 e. The number of hydrogen-bond acceptors (Lipinski definition) is 4. The Morgan fingerprint density at radius 3 is 2.84 bits per heavy atom. The van der Waals surface area contributed by atoms with Crippen LogP contribution in [0.25, 0.3) is 0 Å². The summed E-state index contributed by atoms with van der Waals surface area (Å²) < 4.78 is 11.2. The van der Waals surface area contributed by atoms with Crippen molar-refractivity contribution < 1.29 is 9.47 Å². The van der Waals surface area contributed by atoms with Crippen LogP contribution < -0.4 is 0 Å². The van der Waals surface area contributed by atoms with Crippen LogP contribution in [0.3, 0.4) is 0 Å². The van der Waals surface area contributed by atoms with Crippen molar-refractivity contribution in [1.29, 1.82) is 0 Å². The van der Waals surface area contributed by atoms with Crippen LogP contribution in [0.4, 0.5) is 0 Å². The zero-order chi connectivity index (χ0) is 13.1. The van der Waals surface area contributed by atoms with Gasteiger partial charge < -0.3 is 9.47 Å². The molecule has 3 rings (SSSR count). The number of morpholine rings is 1. The first-order valence-corrected chi connectivity index (χ1v) is 7.99. The lowest BCUT2D eigenvalue weighted by atomic mass is 9.95. The molecule has 110 valence electrons. The molecule has 0 aliphatic carbocycles. The van der Waals surface area contributed by atoms with Crippen molar-refractivity contribution in [3.63, 3.8) is 0 Å². The molecule has 0 aromatic heterocycles. The van der Waals surface area contributed by atoms with Crippen molar-refractivity contribution in [2.75, 3.05) is 52.6 Å². The Morgan fingerprint density at radius 1 is 1.21 bits per heavy atom. The van der Waals surface area contributed by atoms with Gasteiger partial charge in [-0.3, -0.25) is 9.80 Å². The molecule has 4 nitrogen and oxygen atoms in total. The topological polar surface area (TPSA) is 24.9 Å². The van der Waals surface area contributed by atoms with Gasteiger partial charge in [0.25, 0.3) is 0 Å². The van der Waals surface area contributed by atoms with E-state index in [0.717, 1.165) is 45.6 Å². The molecule has 19 heavy (non-hydrogen) atoms. The maximum absolute atomic E-state index is 5.79. The second-order valence-electron chi connectivity index (χ2n) is 6.26. The highest BCUT2D eigenvalue weighted by Crippen LogP contribution is 2.42. The number of rotatable bonds is 5. The van der Waals surface area contributed by atoms with Gasteiger partial charge >= 0.3 is 0 Å². The van der Waals surface area contributed by atoms with E-state index in [4.69, 9.17) is 9.47 Å². The fraction of sp³-hybridized carbons (Fsp3) is 1.00. The first kappa shape index (κ1) is 13.8. The highest BCUT2D eigenvalue weighted by Gasteiger charge is 2.49. The monoisotopic (exact) mass is 268 g/mol.